The largest absolute Gasteiger partial charge is 0.394 e. The number of rotatable bonds is 3. The molecule has 2 N–H and O–H groups in total. The average Bonchev–Trinajstić information content (AvgIpc) is 2.31. The van der Waals surface area contributed by atoms with E-state index in [0.29, 0.717) is 0 Å². The number of anilines is 1. The van der Waals surface area contributed by atoms with Gasteiger partial charge in [0.05, 0.1) is 24.4 Å². The molecule has 0 bridgehead atoms. The molecule has 0 aromatic heterocycles. The molecule has 2 atom stereocenters. The average molecular weight is 314 g/mol. The van der Waals surface area contributed by atoms with Crippen molar-refractivity contribution in [2.75, 3.05) is 11.9 Å². The monoisotopic (exact) mass is 313 g/mol. The minimum Gasteiger partial charge on any atom is -0.394 e. The van der Waals surface area contributed by atoms with Gasteiger partial charge < -0.3 is 15.2 Å². The lowest BCUT2D eigenvalue weighted by molar-refractivity contribution is -0.0653. The smallest absolute Gasteiger partial charge is 0.0663 e. The van der Waals surface area contributed by atoms with Gasteiger partial charge in [-0.15, -0.1) is 0 Å². The summed E-state index contributed by atoms with van der Waals surface area (Å²) in [4.78, 5) is 0. The Hall–Kier alpha value is -0.580. The zero-order chi connectivity index (χ0) is 13.2. The van der Waals surface area contributed by atoms with Crippen LogP contribution in [0.2, 0.25) is 0 Å². The number of aliphatic hydroxyl groups excluding tert-OH is 1. The molecule has 3 nitrogen and oxygen atoms in total. The molecule has 1 heterocycles. The van der Waals surface area contributed by atoms with E-state index in [-0.39, 0.29) is 24.4 Å². The lowest BCUT2D eigenvalue weighted by Gasteiger charge is -2.43. The predicted molar refractivity (Wildman–Crippen MR) is 76.8 cm³/mol. The second-order valence-electron chi connectivity index (χ2n) is 5.21. The Bertz CT molecular complexity index is 401. The van der Waals surface area contributed by atoms with Gasteiger partial charge in [0.15, 0.2) is 0 Å². The van der Waals surface area contributed by atoms with Gasteiger partial charge in [-0.3, -0.25) is 0 Å². The molecule has 4 heteroatoms. The summed E-state index contributed by atoms with van der Waals surface area (Å²) in [6.07, 6.45) is 1.96. The highest BCUT2D eigenvalue weighted by molar-refractivity contribution is 9.10. The van der Waals surface area contributed by atoms with Crippen LogP contribution in [0.3, 0.4) is 0 Å². The molecule has 0 spiro atoms. The Kier molecular flexibility index (Phi) is 4.30. The maximum Gasteiger partial charge on any atom is 0.0663 e. The van der Waals surface area contributed by atoms with Crippen molar-refractivity contribution in [2.24, 2.45) is 0 Å². The van der Waals surface area contributed by atoms with Gasteiger partial charge in [0.1, 0.15) is 0 Å². The van der Waals surface area contributed by atoms with Crippen molar-refractivity contribution < 1.29 is 9.84 Å². The number of aliphatic hydroxyl groups is 1. The van der Waals surface area contributed by atoms with Crippen LogP contribution in [0.15, 0.2) is 28.7 Å². The normalized spacial score (nSPS) is 32.2. The predicted octanol–water partition coefficient (Wildman–Crippen LogP) is 3.18. The minimum atomic E-state index is -0.291. The molecule has 0 radical (unpaired) electrons. The SMILES string of the molecule is CC1CC(CO)(Nc2ccccc2Br)CC(C)O1. The summed E-state index contributed by atoms with van der Waals surface area (Å²) in [5, 5.41) is 13.3. The molecule has 0 amide bonds. The zero-order valence-electron chi connectivity index (χ0n) is 10.8. The number of ether oxygens (including phenoxy) is 1. The summed E-state index contributed by atoms with van der Waals surface area (Å²) < 4.78 is 6.77. The quantitative estimate of drug-likeness (QED) is 0.900. The van der Waals surface area contributed by atoms with Gasteiger partial charge in [0.2, 0.25) is 0 Å². The topological polar surface area (TPSA) is 41.5 Å². The second kappa shape index (κ2) is 5.59. The van der Waals surface area contributed by atoms with Gasteiger partial charge in [0.25, 0.3) is 0 Å². The first-order valence-corrected chi connectivity index (χ1v) is 7.13. The molecular weight excluding hydrogens is 294 g/mol. The summed E-state index contributed by atoms with van der Waals surface area (Å²) in [6, 6.07) is 7.99. The van der Waals surface area contributed by atoms with Gasteiger partial charge in [-0.2, -0.15) is 0 Å². The van der Waals surface area contributed by atoms with E-state index in [2.05, 4.69) is 35.1 Å². The van der Waals surface area contributed by atoms with Crippen molar-refractivity contribution in [3.63, 3.8) is 0 Å². The van der Waals surface area contributed by atoms with Crippen LogP contribution in [0.25, 0.3) is 0 Å². The number of hydrogen-bond acceptors (Lipinski definition) is 3. The van der Waals surface area contributed by atoms with Gasteiger partial charge in [-0.05, 0) is 54.8 Å². The lowest BCUT2D eigenvalue weighted by atomic mass is 9.84. The summed E-state index contributed by atoms with van der Waals surface area (Å²) in [7, 11) is 0. The van der Waals surface area contributed by atoms with Crippen molar-refractivity contribution >= 4 is 21.6 Å². The number of benzene rings is 1. The first-order chi connectivity index (χ1) is 8.54. The van der Waals surface area contributed by atoms with Gasteiger partial charge in [-0.1, -0.05) is 12.1 Å². The van der Waals surface area contributed by atoms with E-state index in [1.54, 1.807) is 0 Å². The van der Waals surface area contributed by atoms with Crippen LogP contribution in [0.1, 0.15) is 26.7 Å². The van der Waals surface area contributed by atoms with E-state index in [4.69, 9.17) is 4.74 Å². The molecule has 18 heavy (non-hydrogen) atoms. The number of halogens is 1. The highest BCUT2D eigenvalue weighted by Gasteiger charge is 2.38. The van der Waals surface area contributed by atoms with Crippen LogP contribution in [-0.4, -0.2) is 29.5 Å². The van der Waals surface area contributed by atoms with Crippen molar-refractivity contribution in [1.82, 2.24) is 0 Å². The van der Waals surface area contributed by atoms with Crippen LogP contribution in [0, 0.1) is 0 Å². The molecule has 1 aromatic carbocycles. The van der Waals surface area contributed by atoms with E-state index >= 15 is 0 Å². The van der Waals surface area contributed by atoms with Crippen molar-refractivity contribution in [2.45, 2.75) is 44.4 Å². The third-order valence-corrected chi connectivity index (χ3v) is 4.09. The zero-order valence-corrected chi connectivity index (χ0v) is 12.4. The fraction of sp³-hybridized carbons (Fsp3) is 0.571. The molecule has 2 rings (SSSR count). The third kappa shape index (κ3) is 3.05. The van der Waals surface area contributed by atoms with Crippen molar-refractivity contribution in [1.29, 1.82) is 0 Å². The molecule has 100 valence electrons. The molecule has 0 saturated carbocycles. The van der Waals surface area contributed by atoms with Crippen molar-refractivity contribution in [3.05, 3.63) is 28.7 Å². The maximum absolute atomic E-state index is 9.80. The molecule has 0 aliphatic carbocycles. The number of para-hydroxylation sites is 1. The van der Waals surface area contributed by atoms with E-state index in [1.807, 2.05) is 24.3 Å². The molecule has 1 fully saturated rings. The molecule has 1 aromatic rings. The Balaban J connectivity index is 2.20. The first kappa shape index (κ1) is 13.8. The molecule has 1 aliphatic heterocycles. The highest BCUT2D eigenvalue weighted by Crippen LogP contribution is 2.34. The number of hydrogen-bond donors (Lipinski definition) is 2. The van der Waals surface area contributed by atoms with Gasteiger partial charge in [-0.25, -0.2) is 0 Å². The Morgan fingerprint density at radius 1 is 1.33 bits per heavy atom. The van der Waals surface area contributed by atoms with Crippen LogP contribution in [0.5, 0.6) is 0 Å². The van der Waals surface area contributed by atoms with E-state index in [9.17, 15) is 5.11 Å². The Morgan fingerprint density at radius 3 is 2.50 bits per heavy atom. The van der Waals surface area contributed by atoms with Crippen LogP contribution < -0.4 is 5.32 Å². The Morgan fingerprint density at radius 2 is 1.94 bits per heavy atom. The third-order valence-electron chi connectivity index (χ3n) is 3.40. The second-order valence-corrected chi connectivity index (χ2v) is 6.06. The fourth-order valence-electron chi connectivity index (χ4n) is 2.80. The van der Waals surface area contributed by atoms with E-state index in [0.717, 1.165) is 23.0 Å². The van der Waals surface area contributed by atoms with Gasteiger partial charge in [0, 0.05) is 10.2 Å². The van der Waals surface area contributed by atoms with Crippen LogP contribution in [-0.2, 0) is 4.74 Å². The number of nitrogens with one attached hydrogen (secondary N) is 1. The standard InChI is InChI=1S/C14H20BrNO2/c1-10-7-14(9-17,8-11(2)18-10)16-13-6-4-3-5-12(13)15/h3-6,10-11,16-17H,7-9H2,1-2H3. The van der Waals surface area contributed by atoms with Crippen LogP contribution >= 0.6 is 15.9 Å². The molecule has 1 aliphatic rings. The van der Waals surface area contributed by atoms with Crippen LogP contribution in [0.4, 0.5) is 5.69 Å². The van der Waals surface area contributed by atoms with E-state index in [1.165, 1.54) is 0 Å². The Labute approximate surface area is 117 Å². The lowest BCUT2D eigenvalue weighted by Crippen LogP contribution is -2.51. The summed E-state index contributed by atoms with van der Waals surface area (Å²) >= 11 is 3.53. The minimum absolute atomic E-state index is 0.117. The van der Waals surface area contributed by atoms with Gasteiger partial charge >= 0.3 is 0 Å². The maximum atomic E-state index is 9.80. The fourth-order valence-corrected chi connectivity index (χ4v) is 3.18. The first-order valence-electron chi connectivity index (χ1n) is 6.34. The summed E-state index contributed by atoms with van der Waals surface area (Å²) in [6.45, 7) is 4.23. The molecule has 1 saturated heterocycles. The summed E-state index contributed by atoms with van der Waals surface area (Å²) in [5.74, 6) is 0. The highest BCUT2D eigenvalue weighted by atomic mass is 79.9. The summed E-state index contributed by atoms with van der Waals surface area (Å²) in [5.41, 5.74) is 0.730. The molecular formula is C14H20BrNO2. The molecule has 2 unspecified atom stereocenters. The van der Waals surface area contributed by atoms with E-state index < -0.39 is 0 Å². The van der Waals surface area contributed by atoms with Crippen molar-refractivity contribution in [3.8, 4) is 0 Å².